The Morgan fingerprint density at radius 3 is 2.89 bits per heavy atom. The van der Waals surface area contributed by atoms with Gasteiger partial charge < -0.3 is 10.5 Å². The maximum absolute atomic E-state index is 12.2. The Kier molecular flexibility index (Phi) is 4.02. The summed E-state index contributed by atoms with van der Waals surface area (Å²) in [5, 5.41) is 0.387. The highest BCUT2D eigenvalue weighted by atomic mass is 35.5. The van der Waals surface area contributed by atoms with Gasteiger partial charge in [0, 0.05) is 18.2 Å². The van der Waals surface area contributed by atoms with Crippen molar-refractivity contribution in [3.8, 4) is 5.75 Å². The maximum Gasteiger partial charge on any atom is 0.171 e. The fraction of sp³-hybridized carbons (Fsp3) is 0.143. The summed E-state index contributed by atoms with van der Waals surface area (Å²) >= 11 is 5.83. The molecule has 0 aliphatic rings. The van der Waals surface area contributed by atoms with Crippen LogP contribution in [0.4, 0.5) is 5.82 Å². The van der Waals surface area contributed by atoms with Crippen LogP contribution in [0.25, 0.3) is 0 Å². The Hall–Kier alpha value is -2.07. The van der Waals surface area contributed by atoms with Gasteiger partial charge >= 0.3 is 0 Å². The summed E-state index contributed by atoms with van der Waals surface area (Å²) in [6, 6.07) is 8.88. The SMILES string of the molecule is COc1ccccc1CC(=O)c1cc(Cl)cnc1N. The van der Waals surface area contributed by atoms with Crippen molar-refractivity contribution in [1.82, 2.24) is 4.98 Å². The summed E-state index contributed by atoms with van der Waals surface area (Å²) in [6.07, 6.45) is 1.60. The topological polar surface area (TPSA) is 65.2 Å². The summed E-state index contributed by atoms with van der Waals surface area (Å²) in [5.41, 5.74) is 6.82. The number of aromatic nitrogens is 1. The van der Waals surface area contributed by atoms with Crippen LogP contribution < -0.4 is 10.5 Å². The average molecular weight is 277 g/mol. The number of para-hydroxylation sites is 1. The molecule has 2 N–H and O–H groups in total. The average Bonchev–Trinajstić information content (AvgIpc) is 2.42. The minimum atomic E-state index is -0.142. The van der Waals surface area contributed by atoms with Gasteiger partial charge in [-0.05, 0) is 12.1 Å². The lowest BCUT2D eigenvalue weighted by molar-refractivity contribution is 0.0992. The molecule has 0 saturated carbocycles. The molecular weight excluding hydrogens is 264 g/mol. The smallest absolute Gasteiger partial charge is 0.171 e. The van der Waals surface area contributed by atoms with Crippen LogP contribution >= 0.6 is 11.6 Å². The predicted octanol–water partition coefficient (Wildman–Crippen LogP) is 2.75. The zero-order valence-electron chi connectivity index (χ0n) is 10.4. The highest BCUT2D eigenvalue weighted by Gasteiger charge is 2.14. The number of hydrogen-bond donors (Lipinski definition) is 1. The number of halogens is 1. The summed E-state index contributed by atoms with van der Waals surface area (Å²) in [5.74, 6) is 0.714. The van der Waals surface area contributed by atoms with Crippen molar-refractivity contribution in [3.05, 3.63) is 52.7 Å². The van der Waals surface area contributed by atoms with E-state index in [-0.39, 0.29) is 18.0 Å². The van der Waals surface area contributed by atoms with E-state index in [1.807, 2.05) is 24.3 Å². The lowest BCUT2D eigenvalue weighted by Gasteiger charge is -2.08. The van der Waals surface area contributed by atoms with E-state index < -0.39 is 0 Å². The van der Waals surface area contributed by atoms with Crippen molar-refractivity contribution in [2.45, 2.75) is 6.42 Å². The maximum atomic E-state index is 12.2. The number of rotatable bonds is 4. The molecule has 5 heteroatoms. The summed E-state index contributed by atoms with van der Waals surface area (Å²) in [6.45, 7) is 0. The van der Waals surface area contributed by atoms with E-state index in [1.165, 1.54) is 12.3 Å². The van der Waals surface area contributed by atoms with Gasteiger partial charge in [-0.1, -0.05) is 29.8 Å². The molecule has 0 unspecified atom stereocenters. The van der Waals surface area contributed by atoms with Gasteiger partial charge in [-0.15, -0.1) is 0 Å². The van der Waals surface area contributed by atoms with Crippen LogP contribution in [0.2, 0.25) is 5.02 Å². The van der Waals surface area contributed by atoms with Gasteiger partial charge in [-0.2, -0.15) is 0 Å². The fourth-order valence-corrected chi connectivity index (χ4v) is 1.95. The van der Waals surface area contributed by atoms with Crippen LogP contribution in [0.5, 0.6) is 5.75 Å². The first-order chi connectivity index (χ1) is 9.11. The van der Waals surface area contributed by atoms with Gasteiger partial charge in [0.2, 0.25) is 0 Å². The van der Waals surface area contributed by atoms with Crippen LogP contribution in [-0.2, 0) is 6.42 Å². The van der Waals surface area contributed by atoms with E-state index in [9.17, 15) is 4.79 Å². The number of hydrogen-bond acceptors (Lipinski definition) is 4. The standard InChI is InChI=1S/C14H13ClN2O2/c1-19-13-5-3-2-4-9(13)6-12(18)11-7-10(15)8-17-14(11)16/h2-5,7-8H,6H2,1H3,(H2,16,17). The van der Waals surface area contributed by atoms with Crippen LogP contribution in [0.15, 0.2) is 36.5 Å². The first kappa shape index (κ1) is 13.4. The fourth-order valence-electron chi connectivity index (χ4n) is 1.79. The number of pyridine rings is 1. The molecule has 0 bridgehead atoms. The lowest BCUT2D eigenvalue weighted by atomic mass is 10.0. The Balaban J connectivity index is 2.28. The molecule has 98 valence electrons. The normalized spacial score (nSPS) is 10.2. The predicted molar refractivity (Wildman–Crippen MR) is 74.7 cm³/mol. The van der Waals surface area contributed by atoms with E-state index in [4.69, 9.17) is 22.1 Å². The van der Waals surface area contributed by atoms with Crippen LogP contribution in [-0.4, -0.2) is 17.9 Å². The second-order valence-electron chi connectivity index (χ2n) is 4.00. The Morgan fingerprint density at radius 1 is 1.42 bits per heavy atom. The van der Waals surface area contributed by atoms with E-state index >= 15 is 0 Å². The minimum absolute atomic E-state index is 0.142. The first-order valence-electron chi connectivity index (χ1n) is 5.68. The van der Waals surface area contributed by atoms with Crippen molar-refractivity contribution in [2.75, 3.05) is 12.8 Å². The highest BCUT2D eigenvalue weighted by molar-refractivity contribution is 6.31. The van der Waals surface area contributed by atoms with Crippen LogP contribution in [0, 0.1) is 0 Å². The second-order valence-corrected chi connectivity index (χ2v) is 4.43. The van der Waals surface area contributed by atoms with E-state index in [2.05, 4.69) is 4.98 Å². The molecule has 0 aliphatic heterocycles. The summed E-state index contributed by atoms with van der Waals surface area (Å²) in [7, 11) is 1.57. The molecule has 0 saturated heterocycles. The molecule has 2 aromatic rings. The summed E-state index contributed by atoms with van der Waals surface area (Å²) in [4.78, 5) is 16.1. The van der Waals surface area contributed by atoms with Gasteiger partial charge in [0.15, 0.2) is 5.78 Å². The monoisotopic (exact) mass is 276 g/mol. The third kappa shape index (κ3) is 3.03. The van der Waals surface area contributed by atoms with Crippen molar-refractivity contribution >= 4 is 23.2 Å². The molecule has 4 nitrogen and oxygen atoms in total. The molecule has 19 heavy (non-hydrogen) atoms. The molecule has 0 aliphatic carbocycles. The Morgan fingerprint density at radius 2 is 2.16 bits per heavy atom. The van der Waals surface area contributed by atoms with Gasteiger partial charge in [0.25, 0.3) is 0 Å². The number of ether oxygens (including phenoxy) is 1. The number of benzene rings is 1. The van der Waals surface area contributed by atoms with E-state index in [0.717, 1.165) is 5.56 Å². The molecule has 0 atom stereocenters. The van der Waals surface area contributed by atoms with Gasteiger partial charge in [0.1, 0.15) is 11.6 Å². The van der Waals surface area contributed by atoms with Crippen LogP contribution in [0.3, 0.4) is 0 Å². The number of nitrogens with zero attached hydrogens (tertiary/aromatic N) is 1. The van der Waals surface area contributed by atoms with Crippen LogP contribution in [0.1, 0.15) is 15.9 Å². The number of carbonyl (C=O) groups is 1. The zero-order chi connectivity index (χ0) is 13.8. The molecule has 0 fully saturated rings. The van der Waals surface area contributed by atoms with Crippen molar-refractivity contribution in [2.24, 2.45) is 0 Å². The van der Waals surface area contributed by atoms with E-state index in [1.54, 1.807) is 7.11 Å². The first-order valence-corrected chi connectivity index (χ1v) is 6.05. The van der Waals surface area contributed by atoms with Crippen molar-refractivity contribution in [1.29, 1.82) is 0 Å². The third-order valence-corrected chi connectivity index (χ3v) is 2.94. The Labute approximate surface area is 116 Å². The number of anilines is 1. The highest BCUT2D eigenvalue weighted by Crippen LogP contribution is 2.22. The van der Waals surface area contributed by atoms with E-state index in [0.29, 0.717) is 16.3 Å². The van der Waals surface area contributed by atoms with Crippen molar-refractivity contribution < 1.29 is 9.53 Å². The van der Waals surface area contributed by atoms with Gasteiger partial charge in [-0.3, -0.25) is 4.79 Å². The molecule has 1 aromatic carbocycles. The number of Topliss-reactive ketones (excluding diaryl/α,β-unsaturated/α-hetero) is 1. The quantitative estimate of drug-likeness (QED) is 0.872. The largest absolute Gasteiger partial charge is 0.496 e. The lowest BCUT2D eigenvalue weighted by Crippen LogP contribution is -2.09. The molecule has 1 heterocycles. The number of nitrogens with two attached hydrogens (primary N) is 1. The number of ketones is 1. The van der Waals surface area contributed by atoms with Gasteiger partial charge in [-0.25, -0.2) is 4.98 Å². The van der Waals surface area contributed by atoms with Gasteiger partial charge in [0.05, 0.1) is 17.7 Å². The number of methoxy groups -OCH3 is 1. The molecule has 0 spiro atoms. The summed E-state index contributed by atoms with van der Waals surface area (Å²) < 4.78 is 5.21. The molecule has 0 radical (unpaired) electrons. The zero-order valence-corrected chi connectivity index (χ0v) is 11.1. The molecule has 1 aromatic heterocycles. The minimum Gasteiger partial charge on any atom is -0.496 e. The second kappa shape index (κ2) is 5.71. The molecule has 2 rings (SSSR count). The third-order valence-electron chi connectivity index (χ3n) is 2.73. The number of nitrogen functional groups attached to an aromatic ring is 1. The molecular formula is C14H13ClN2O2. The number of carbonyl (C=O) groups excluding carboxylic acids is 1. The Bertz CT molecular complexity index is 614. The van der Waals surface area contributed by atoms with Crippen molar-refractivity contribution in [3.63, 3.8) is 0 Å². The molecule has 0 amide bonds.